The summed E-state index contributed by atoms with van der Waals surface area (Å²) in [5.74, 6) is 0.0515. The van der Waals surface area contributed by atoms with E-state index in [9.17, 15) is 14.0 Å². The summed E-state index contributed by atoms with van der Waals surface area (Å²) in [5.41, 5.74) is 1.06. The Morgan fingerprint density at radius 2 is 1.74 bits per heavy atom. The molecule has 0 N–H and O–H groups in total. The standard InChI is InChI=1S/C26H31FN2O5/c1-20-3-2-4-21(15-20)16-24(30)29-11-14-34-26(18-29,17-25(31)28-9-12-32-13-10-28)19-33-23-7-5-22(27)6-8-23/h2-8,15H,9-14,16-19H2,1H3. The number of rotatable bonds is 7. The molecule has 1 unspecified atom stereocenters. The summed E-state index contributed by atoms with van der Waals surface area (Å²) in [4.78, 5) is 29.8. The van der Waals surface area contributed by atoms with Crippen LogP contribution in [0.5, 0.6) is 5.75 Å². The Labute approximate surface area is 199 Å². The first kappa shape index (κ1) is 24.2. The van der Waals surface area contributed by atoms with Crippen LogP contribution >= 0.6 is 0 Å². The molecule has 0 radical (unpaired) electrons. The third kappa shape index (κ3) is 6.33. The number of amides is 2. The van der Waals surface area contributed by atoms with E-state index >= 15 is 0 Å². The van der Waals surface area contributed by atoms with E-state index in [1.165, 1.54) is 24.3 Å². The third-order valence-electron chi connectivity index (χ3n) is 6.19. The highest BCUT2D eigenvalue weighted by molar-refractivity contribution is 5.80. The highest BCUT2D eigenvalue weighted by atomic mass is 19.1. The fourth-order valence-corrected chi connectivity index (χ4v) is 4.36. The van der Waals surface area contributed by atoms with Crippen LogP contribution in [0.2, 0.25) is 0 Å². The van der Waals surface area contributed by atoms with Gasteiger partial charge in [0.1, 0.15) is 23.8 Å². The SMILES string of the molecule is Cc1cccc(CC(=O)N2CCOC(COc3ccc(F)cc3)(CC(=O)N3CCOCC3)C2)c1. The lowest BCUT2D eigenvalue weighted by Gasteiger charge is -2.43. The van der Waals surface area contributed by atoms with Crippen molar-refractivity contribution in [1.29, 1.82) is 0 Å². The van der Waals surface area contributed by atoms with Gasteiger partial charge in [0.15, 0.2) is 0 Å². The van der Waals surface area contributed by atoms with Gasteiger partial charge in [-0.15, -0.1) is 0 Å². The number of morpholine rings is 2. The zero-order valence-electron chi connectivity index (χ0n) is 19.5. The van der Waals surface area contributed by atoms with Crippen molar-refractivity contribution in [1.82, 2.24) is 9.80 Å². The average molecular weight is 471 g/mol. The van der Waals surface area contributed by atoms with Crippen LogP contribution in [0.3, 0.4) is 0 Å². The number of benzene rings is 2. The van der Waals surface area contributed by atoms with Crippen molar-refractivity contribution < 1.29 is 28.2 Å². The molecule has 182 valence electrons. The van der Waals surface area contributed by atoms with E-state index in [2.05, 4.69) is 0 Å². The van der Waals surface area contributed by atoms with Gasteiger partial charge >= 0.3 is 0 Å². The maximum atomic E-state index is 13.3. The van der Waals surface area contributed by atoms with Gasteiger partial charge in [-0.2, -0.15) is 0 Å². The van der Waals surface area contributed by atoms with Crippen LogP contribution in [0.25, 0.3) is 0 Å². The molecule has 2 fully saturated rings. The zero-order chi connectivity index (χ0) is 24.0. The largest absolute Gasteiger partial charge is 0.490 e. The molecule has 0 aliphatic carbocycles. The second-order valence-electron chi connectivity index (χ2n) is 8.93. The topological polar surface area (TPSA) is 68.3 Å². The fraction of sp³-hybridized carbons (Fsp3) is 0.462. The van der Waals surface area contributed by atoms with Crippen molar-refractivity contribution in [3.8, 4) is 5.75 Å². The van der Waals surface area contributed by atoms with Crippen molar-refractivity contribution in [3.05, 3.63) is 65.5 Å². The Balaban J connectivity index is 1.48. The summed E-state index contributed by atoms with van der Waals surface area (Å²) in [5, 5.41) is 0. The summed E-state index contributed by atoms with van der Waals surface area (Å²) < 4.78 is 30.7. The number of nitrogens with zero attached hydrogens (tertiary/aromatic N) is 2. The average Bonchev–Trinajstić information content (AvgIpc) is 2.84. The molecule has 2 aromatic rings. The Morgan fingerprint density at radius 1 is 1.00 bits per heavy atom. The van der Waals surface area contributed by atoms with E-state index in [1.54, 1.807) is 9.80 Å². The highest BCUT2D eigenvalue weighted by Gasteiger charge is 2.42. The minimum atomic E-state index is -0.996. The van der Waals surface area contributed by atoms with Gasteiger partial charge < -0.3 is 24.0 Å². The van der Waals surface area contributed by atoms with Crippen molar-refractivity contribution in [2.45, 2.75) is 25.4 Å². The van der Waals surface area contributed by atoms with E-state index in [0.717, 1.165) is 11.1 Å². The molecule has 2 aromatic carbocycles. The van der Waals surface area contributed by atoms with Gasteiger partial charge in [-0.25, -0.2) is 4.39 Å². The van der Waals surface area contributed by atoms with Crippen LogP contribution in [-0.2, 0) is 25.5 Å². The number of hydrogen-bond acceptors (Lipinski definition) is 5. The van der Waals surface area contributed by atoms with Crippen LogP contribution in [0.15, 0.2) is 48.5 Å². The number of carbonyl (C=O) groups is 2. The van der Waals surface area contributed by atoms with Crippen LogP contribution < -0.4 is 4.74 Å². The molecule has 2 heterocycles. The molecule has 8 heteroatoms. The number of ether oxygens (including phenoxy) is 3. The van der Waals surface area contributed by atoms with Crippen molar-refractivity contribution in [2.24, 2.45) is 0 Å². The van der Waals surface area contributed by atoms with E-state index < -0.39 is 5.60 Å². The first-order chi connectivity index (χ1) is 16.4. The van der Waals surface area contributed by atoms with Crippen LogP contribution in [0.1, 0.15) is 17.5 Å². The summed E-state index contributed by atoms with van der Waals surface area (Å²) in [7, 11) is 0. The van der Waals surface area contributed by atoms with Crippen molar-refractivity contribution >= 4 is 11.8 Å². The predicted molar refractivity (Wildman–Crippen MR) is 124 cm³/mol. The summed E-state index contributed by atoms with van der Waals surface area (Å²) >= 11 is 0. The first-order valence-electron chi connectivity index (χ1n) is 11.6. The molecule has 1 atom stereocenters. The summed E-state index contributed by atoms with van der Waals surface area (Å²) in [6.45, 7) is 5.15. The smallest absolute Gasteiger partial charge is 0.227 e. The minimum Gasteiger partial charge on any atom is -0.490 e. The molecule has 2 aliphatic rings. The second kappa shape index (κ2) is 11.0. The molecule has 4 rings (SSSR count). The molecule has 2 saturated heterocycles. The minimum absolute atomic E-state index is 0.0149. The molecule has 34 heavy (non-hydrogen) atoms. The van der Waals surface area contributed by atoms with Gasteiger partial charge in [-0.3, -0.25) is 9.59 Å². The van der Waals surface area contributed by atoms with E-state index in [-0.39, 0.29) is 43.6 Å². The van der Waals surface area contributed by atoms with Crippen molar-refractivity contribution in [3.63, 3.8) is 0 Å². The summed E-state index contributed by atoms with van der Waals surface area (Å²) in [6.07, 6.45) is 0.371. The van der Waals surface area contributed by atoms with E-state index in [4.69, 9.17) is 14.2 Å². The lowest BCUT2D eigenvalue weighted by molar-refractivity contribution is -0.167. The van der Waals surface area contributed by atoms with Crippen molar-refractivity contribution in [2.75, 3.05) is 52.6 Å². The molecular formula is C26H31FN2O5. The lowest BCUT2D eigenvalue weighted by atomic mass is 9.96. The molecule has 2 amide bonds. The predicted octanol–water partition coefficient (Wildman–Crippen LogP) is 2.60. The Hall–Kier alpha value is -2.97. The monoisotopic (exact) mass is 470 g/mol. The lowest BCUT2D eigenvalue weighted by Crippen LogP contribution is -2.59. The quantitative estimate of drug-likeness (QED) is 0.622. The maximum absolute atomic E-state index is 13.3. The van der Waals surface area contributed by atoms with Crippen LogP contribution in [0, 0.1) is 12.7 Å². The van der Waals surface area contributed by atoms with Gasteiger partial charge in [0.2, 0.25) is 11.8 Å². The van der Waals surface area contributed by atoms with Gasteiger partial charge in [-0.05, 0) is 36.8 Å². The van der Waals surface area contributed by atoms with Crippen LogP contribution in [0.4, 0.5) is 4.39 Å². The summed E-state index contributed by atoms with van der Waals surface area (Å²) in [6, 6.07) is 13.6. The highest BCUT2D eigenvalue weighted by Crippen LogP contribution is 2.26. The number of hydrogen-bond donors (Lipinski definition) is 0. The van der Waals surface area contributed by atoms with Gasteiger partial charge in [0.25, 0.3) is 0 Å². The van der Waals surface area contributed by atoms with E-state index in [0.29, 0.717) is 45.2 Å². The molecule has 0 bridgehead atoms. The molecule has 2 aliphatic heterocycles. The third-order valence-corrected chi connectivity index (χ3v) is 6.19. The number of carbonyl (C=O) groups excluding carboxylic acids is 2. The Morgan fingerprint density at radius 3 is 2.47 bits per heavy atom. The molecule has 7 nitrogen and oxygen atoms in total. The molecule has 0 spiro atoms. The van der Waals surface area contributed by atoms with Gasteiger partial charge in [0, 0.05) is 19.6 Å². The fourth-order valence-electron chi connectivity index (χ4n) is 4.36. The first-order valence-corrected chi connectivity index (χ1v) is 11.6. The van der Waals surface area contributed by atoms with Gasteiger partial charge in [-0.1, -0.05) is 29.8 Å². The second-order valence-corrected chi connectivity index (χ2v) is 8.93. The Kier molecular flexibility index (Phi) is 7.80. The molecular weight excluding hydrogens is 439 g/mol. The number of halogens is 1. The zero-order valence-corrected chi connectivity index (χ0v) is 19.5. The van der Waals surface area contributed by atoms with Gasteiger partial charge in [0.05, 0.1) is 39.2 Å². The molecule has 0 saturated carbocycles. The normalized spacial score (nSPS) is 20.8. The maximum Gasteiger partial charge on any atom is 0.227 e. The Bertz CT molecular complexity index is 993. The molecule has 0 aromatic heterocycles. The van der Waals surface area contributed by atoms with Crippen LogP contribution in [-0.4, -0.2) is 79.8 Å². The number of aryl methyl sites for hydroxylation is 1. The van der Waals surface area contributed by atoms with E-state index in [1.807, 2.05) is 31.2 Å².